The normalized spacial score (nSPS) is 16.1. The summed E-state index contributed by atoms with van der Waals surface area (Å²) in [5.41, 5.74) is 2.04. The van der Waals surface area contributed by atoms with Gasteiger partial charge in [0.05, 0.1) is 18.7 Å². The number of esters is 1. The molecule has 1 aliphatic rings. The first-order valence-electron chi connectivity index (χ1n) is 8.85. The highest BCUT2D eigenvalue weighted by atomic mass is 32.1. The van der Waals surface area contributed by atoms with Crippen molar-refractivity contribution < 1.29 is 19.0 Å². The van der Waals surface area contributed by atoms with Crippen molar-refractivity contribution in [2.24, 2.45) is 0 Å². The molecule has 0 spiro atoms. The van der Waals surface area contributed by atoms with Crippen molar-refractivity contribution >= 4 is 23.3 Å². The van der Waals surface area contributed by atoms with Gasteiger partial charge in [-0.05, 0) is 49.0 Å². The lowest BCUT2D eigenvalue weighted by Crippen LogP contribution is -2.45. The smallest absolute Gasteiger partial charge is 0.338 e. The maximum absolute atomic E-state index is 12.7. The number of benzene rings is 2. The molecular weight excluding hydrogens is 376 g/mol. The van der Waals surface area contributed by atoms with Gasteiger partial charge < -0.3 is 24.8 Å². The van der Waals surface area contributed by atoms with Crippen molar-refractivity contribution in [3.63, 3.8) is 0 Å². The van der Waals surface area contributed by atoms with E-state index in [1.165, 1.54) is 0 Å². The Kier molecular flexibility index (Phi) is 6.49. The number of nitrogens with one attached hydrogen (secondary N) is 2. The molecule has 0 bridgehead atoms. The Morgan fingerprint density at radius 1 is 1.04 bits per heavy atom. The third kappa shape index (κ3) is 4.80. The van der Waals surface area contributed by atoms with Crippen LogP contribution in [0.2, 0.25) is 0 Å². The van der Waals surface area contributed by atoms with E-state index in [2.05, 4.69) is 10.6 Å². The van der Waals surface area contributed by atoms with E-state index >= 15 is 0 Å². The van der Waals surface area contributed by atoms with Crippen LogP contribution in [0, 0.1) is 0 Å². The third-order valence-electron chi connectivity index (χ3n) is 4.27. The van der Waals surface area contributed by atoms with Crippen LogP contribution < -0.4 is 20.1 Å². The number of carbonyl (C=O) groups is 1. The van der Waals surface area contributed by atoms with Crippen molar-refractivity contribution in [3.8, 4) is 11.5 Å². The summed E-state index contributed by atoms with van der Waals surface area (Å²) < 4.78 is 16.2. The van der Waals surface area contributed by atoms with E-state index in [9.17, 15) is 4.79 Å². The van der Waals surface area contributed by atoms with Gasteiger partial charge in [0.1, 0.15) is 24.7 Å². The number of carbonyl (C=O) groups excluding carboxylic acids is 1. The Morgan fingerprint density at radius 2 is 1.75 bits per heavy atom. The number of para-hydroxylation sites is 1. The molecule has 0 aliphatic carbocycles. The van der Waals surface area contributed by atoms with E-state index in [1.54, 1.807) is 14.0 Å². The maximum Gasteiger partial charge on any atom is 0.338 e. The zero-order chi connectivity index (χ0) is 19.9. The van der Waals surface area contributed by atoms with Crippen LogP contribution in [-0.2, 0) is 9.53 Å². The molecule has 1 heterocycles. The van der Waals surface area contributed by atoms with Crippen molar-refractivity contribution in [1.82, 2.24) is 10.6 Å². The lowest BCUT2D eigenvalue weighted by atomic mass is 9.95. The number of ether oxygens (including phenoxy) is 3. The first-order valence-corrected chi connectivity index (χ1v) is 9.26. The zero-order valence-corrected chi connectivity index (χ0v) is 16.5. The monoisotopic (exact) mass is 398 g/mol. The fraction of sp³-hybridized carbons (Fsp3) is 0.238. The number of rotatable bonds is 7. The molecule has 0 radical (unpaired) electrons. The summed E-state index contributed by atoms with van der Waals surface area (Å²) in [5, 5.41) is 6.59. The van der Waals surface area contributed by atoms with E-state index < -0.39 is 12.0 Å². The summed E-state index contributed by atoms with van der Waals surface area (Å²) in [6.07, 6.45) is 0. The van der Waals surface area contributed by atoms with Gasteiger partial charge in [-0.15, -0.1) is 0 Å². The molecule has 2 aromatic rings. The van der Waals surface area contributed by atoms with E-state index in [1.807, 2.05) is 54.6 Å². The minimum Gasteiger partial charge on any atom is -0.497 e. The Bertz CT molecular complexity index is 866. The van der Waals surface area contributed by atoms with Gasteiger partial charge in [0.2, 0.25) is 0 Å². The van der Waals surface area contributed by atoms with Crippen molar-refractivity contribution in [2.75, 3.05) is 20.3 Å². The minimum atomic E-state index is -0.419. The molecule has 1 aliphatic heterocycles. The highest BCUT2D eigenvalue weighted by Gasteiger charge is 2.30. The first kappa shape index (κ1) is 19.7. The quantitative estimate of drug-likeness (QED) is 0.422. The maximum atomic E-state index is 12.7. The molecule has 7 heteroatoms. The molecule has 6 nitrogen and oxygen atoms in total. The van der Waals surface area contributed by atoms with E-state index in [4.69, 9.17) is 26.4 Å². The average molecular weight is 398 g/mol. The van der Waals surface area contributed by atoms with Crippen LogP contribution in [0.5, 0.6) is 11.5 Å². The van der Waals surface area contributed by atoms with Crippen molar-refractivity contribution in [1.29, 1.82) is 0 Å². The number of allylic oxidation sites excluding steroid dienone is 1. The van der Waals surface area contributed by atoms with Gasteiger partial charge in [0, 0.05) is 5.70 Å². The molecule has 28 heavy (non-hydrogen) atoms. The van der Waals surface area contributed by atoms with Gasteiger partial charge in [-0.1, -0.05) is 30.3 Å². The van der Waals surface area contributed by atoms with Crippen molar-refractivity contribution in [3.05, 3.63) is 71.4 Å². The van der Waals surface area contributed by atoms with Crippen LogP contribution in [0.15, 0.2) is 65.9 Å². The number of thiocarbonyl (C=S) groups is 1. The van der Waals surface area contributed by atoms with Crippen LogP contribution in [-0.4, -0.2) is 31.4 Å². The molecule has 0 aromatic heterocycles. The van der Waals surface area contributed by atoms with Gasteiger partial charge in [0.25, 0.3) is 0 Å². The molecule has 146 valence electrons. The molecule has 0 amide bonds. The number of hydrogen-bond donors (Lipinski definition) is 2. The van der Waals surface area contributed by atoms with Gasteiger partial charge in [-0.25, -0.2) is 4.79 Å². The fourth-order valence-corrected chi connectivity index (χ4v) is 3.17. The predicted molar refractivity (Wildman–Crippen MR) is 110 cm³/mol. The van der Waals surface area contributed by atoms with Crippen LogP contribution in [0.25, 0.3) is 0 Å². The summed E-state index contributed by atoms with van der Waals surface area (Å²) in [6.45, 7) is 2.22. The highest BCUT2D eigenvalue weighted by molar-refractivity contribution is 7.80. The topological polar surface area (TPSA) is 68.8 Å². The lowest BCUT2D eigenvalue weighted by molar-refractivity contribution is -0.140. The third-order valence-corrected chi connectivity index (χ3v) is 4.49. The molecule has 3 rings (SSSR count). The molecule has 1 atom stereocenters. The molecule has 0 saturated heterocycles. The van der Waals surface area contributed by atoms with Crippen molar-refractivity contribution in [2.45, 2.75) is 13.0 Å². The largest absolute Gasteiger partial charge is 0.497 e. The van der Waals surface area contributed by atoms with Crippen LogP contribution in [0.4, 0.5) is 0 Å². The van der Waals surface area contributed by atoms with E-state index in [0.29, 0.717) is 16.4 Å². The molecule has 2 N–H and O–H groups in total. The van der Waals surface area contributed by atoms with E-state index in [-0.39, 0.29) is 13.2 Å². The van der Waals surface area contributed by atoms with Gasteiger partial charge in [-0.2, -0.15) is 0 Å². The fourth-order valence-electron chi connectivity index (χ4n) is 2.90. The first-order chi connectivity index (χ1) is 13.6. The average Bonchev–Trinajstić information content (AvgIpc) is 2.71. The minimum absolute atomic E-state index is 0.143. The lowest BCUT2D eigenvalue weighted by Gasteiger charge is -2.30. The predicted octanol–water partition coefficient (Wildman–Crippen LogP) is 3.11. The standard InChI is InChI=1S/C21H22N2O4S/c1-14-18(20(24)27-13-12-26-17-6-4-3-5-7-17)19(23-21(28)22-14)15-8-10-16(25-2)11-9-15/h3-11,19H,12-13H2,1-2H3,(H2,22,23,28)/t19-/m0/s1. The molecule has 0 fully saturated rings. The van der Waals surface area contributed by atoms with Gasteiger partial charge in [-0.3, -0.25) is 0 Å². The second kappa shape index (κ2) is 9.23. The van der Waals surface area contributed by atoms with E-state index in [0.717, 1.165) is 17.1 Å². The Morgan fingerprint density at radius 3 is 2.43 bits per heavy atom. The molecular formula is C21H22N2O4S. The Balaban J connectivity index is 1.67. The van der Waals surface area contributed by atoms with Gasteiger partial charge >= 0.3 is 5.97 Å². The van der Waals surface area contributed by atoms with Crippen LogP contribution in [0.1, 0.15) is 18.5 Å². The Hall–Kier alpha value is -3.06. The summed E-state index contributed by atoms with van der Waals surface area (Å²) >= 11 is 5.26. The zero-order valence-electron chi connectivity index (χ0n) is 15.7. The molecule has 0 unspecified atom stereocenters. The number of methoxy groups -OCH3 is 1. The molecule has 2 aromatic carbocycles. The summed E-state index contributed by atoms with van der Waals surface area (Å²) in [5.74, 6) is 1.05. The Labute approximate surface area is 169 Å². The SMILES string of the molecule is COc1ccc([C@@H]2NC(=S)NC(C)=C2C(=O)OCCOc2ccccc2)cc1. The molecule has 0 saturated carbocycles. The van der Waals surface area contributed by atoms with Crippen LogP contribution in [0.3, 0.4) is 0 Å². The summed E-state index contributed by atoms with van der Waals surface area (Å²) in [7, 11) is 1.61. The second-order valence-electron chi connectivity index (χ2n) is 6.14. The number of hydrogen-bond acceptors (Lipinski definition) is 5. The van der Waals surface area contributed by atoms with Crippen LogP contribution >= 0.6 is 12.2 Å². The van der Waals surface area contributed by atoms with Gasteiger partial charge in [0.15, 0.2) is 5.11 Å². The second-order valence-corrected chi connectivity index (χ2v) is 6.55. The highest BCUT2D eigenvalue weighted by Crippen LogP contribution is 2.28. The summed E-state index contributed by atoms with van der Waals surface area (Å²) in [6, 6.07) is 16.5. The summed E-state index contributed by atoms with van der Waals surface area (Å²) in [4.78, 5) is 12.7.